The fourth-order valence-electron chi connectivity index (χ4n) is 1.55. The minimum atomic E-state index is 0.219. The van der Waals surface area contributed by atoms with Crippen molar-refractivity contribution in [2.75, 3.05) is 25.1 Å². The van der Waals surface area contributed by atoms with Crippen LogP contribution in [0.1, 0.15) is 52.8 Å². The number of anilines is 1. The van der Waals surface area contributed by atoms with E-state index in [0.717, 1.165) is 24.6 Å². The van der Waals surface area contributed by atoms with Crippen LogP contribution >= 0.6 is 0 Å². The molecule has 0 saturated carbocycles. The smallest absolute Gasteiger partial charge is 0.218 e. The lowest BCUT2D eigenvalue weighted by Crippen LogP contribution is -2.13. The van der Waals surface area contributed by atoms with Crippen LogP contribution < -0.4 is 10.1 Å². The Kier molecular flexibility index (Phi) is 7.30. The van der Waals surface area contributed by atoms with E-state index in [2.05, 4.69) is 36.1 Å². The summed E-state index contributed by atoms with van der Waals surface area (Å²) in [5.41, 5.74) is 0. The summed E-state index contributed by atoms with van der Waals surface area (Å²) in [5.74, 6) is 2.50. The molecule has 1 N–H and O–H groups in total. The summed E-state index contributed by atoms with van der Waals surface area (Å²) in [6.45, 7) is 12.2. The average molecular weight is 281 g/mol. The van der Waals surface area contributed by atoms with E-state index in [9.17, 15) is 0 Å². The first kappa shape index (κ1) is 16.7. The van der Waals surface area contributed by atoms with Crippen molar-refractivity contribution in [1.82, 2.24) is 9.97 Å². The average Bonchev–Trinajstić information content (AvgIpc) is 2.41. The van der Waals surface area contributed by atoms with Gasteiger partial charge in [-0.25, -0.2) is 4.98 Å². The summed E-state index contributed by atoms with van der Waals surface area (Å²) in [5, 5.41) is 3.28. The van der Waals surface area contributed by atoms with Crippen molar-refractivity contribution in [2.45, 2.75) is 53.1 Å². The molecule has 0 saturated heterocycles. The lowest BCUT2D eigenvalue weighted by molar-refractivity contribution is 0.0542. The molecule has 114 valence electrons. The van der Waals surface area contributed by atoms with Crippen LogP contribution in [-0.4, -0.2) is 35.8 Å². The maximum atomic E-state index is 5.65. The highest BCUT2D eigenvalue weighted by Crippen LogP contribution is 2.18. The molecule has 0 fully saturated rings. The molecule has 5 nitrogen and oxygen atoms in total. The van der Waals surface area contributed by atoms with Crippen molar-refractivity contribution in [1.29, 1.82) is 0 Å². The molecule has 0 unspecified atom stereocenters. The summed E-state index contributed by atoms with van der Waals surface area (Å²) in [6.07, 6.45) is 1.27. The molecule has 0 radical (unpaired) electrons. The first-order valence-electron chi connectivity index (χ1n) is 7.40. The third-order valence-corrected chi connectivity index (χ3v) is 2.58. The summed E-state index contributed by atoms with van der Waals surface area (Å²) in [6, 6.07) is 1.84. The molecule has 1 rings (SSSR count). The van der Waals surface area contributed by atoms with E-state index in [1.54, 1.807) is 0 Å². The van der Waals surface area contributed by atoms with E-state index in [1.807, 2.05) is 19.9 Å². The zero-order valence-corrected chi connectivity index (χ0v) is 13.3. The van der Waals surface area contributed by atoms with Gasteiger partial charge >= 0.3 is 0 Å². The second-order valence-electron chi connectivity index (χ2n) is 5.30. The van der Waals surface area contributed by atoms with E-state index in [1.165, 1.54) is 0 Å². The molecule has 0 spiro atoms. The van der Waals surface area contributed by atoms with Crippen LogP contribution in [0.25, 0.3) is 0 Å². The van der Waals surface area contributed by atoms with E-state index < -0.39 is 0 Å². The van der Waals surface area contributed by atoms with Crippen molar-refractivity contribution in [3.05, 3.63) is 11.9 Å². The van der Waals surface area contributed by atoms with Gasteiger partial charge in [0.1, 0.15) is 18.2 Å². The van der Waals surface area contributed by atoms with Crippen LogP contribution in [0.2, 0.25) is 0 Å². The zero-order chi connectivity index (χ0) is 15.0. The van der Waals surface area contributed by atoms with Gasteiger partial charge in [-0.05, 0) is 20.3 Å². The molecular formula is C15H27N3O2. The number of nitrogens with one attached hydrogen (secondary N) is 1. The molecule has 0 aromatic carbocycles. The SMILES string of the molecule is CCCNc1cc(OCCOC(C)C)nc(C(C)C)n1. The van der Waals surface area contributed by atoms with Crippen molar-refractivity contribution in [2.24, 2.45) is 0 Å². The fraction of sp³-hybridized carbons (Fsp3) is 0.733. The Morgan fingerprint density at radius 3 is 2.50 bits per heavy atom. The van der Waals surface area contributed by atoms with Gasteiger partial charge < -0.3 is 14.8 Å². The zero-order valence-electron chi connectivity index (χ0n) is 13.3. The van der Waals surface area contributed by atoms with Crippen LogP contribution in [0.15, 0.2) is 6.07 Å². The molecule has 1 heterocycles. The molecule has 0 atom stereocenters. The molecule has 20 heavy (non-hydrogen) atoms. The van der Waals surface area contributed by atoms with Gasteiger partial charge in [0, 0.05) is 18.5 Å². The second kappa shape index (κ2) is 8.74. The number of aromatic nitrogens is 2. The minimum absolute atomic E-state index is 0.219. The minimum Gasteiger partial charge on any atom is -0.475 e. The molecule has 0 amide bonds. The Hall–Kier alpha value is -1.36. The normalized spacial score (nSPS) is 11.2. The number of nitrogens with zero attached hydrogens (tertiary/aromatic N) is 2. The molecule has 0 aliphatic rings. The Morgan fingerprint density at radius 2 is 1.90 bits per heavy atom. The Labute approximate surface area is 122 Å². The van der Waals surface area contributed by atoms with E-state index in [-0.39, 0.29) is 12.0 Å². The van der Waals surface area contributed by atoms with Crippen LogP contribution in [-0.2, 0) is 4.74 Å². The van der Waals surface area contributed by atoms with E-state index in [4.69, 9.17) is 9.47 Å². The first-order chi connectivity index (χ1) is 9.52. The summed E-state index contributed by atoms with van der Waals surface area (Å²) in [7, 11) is 0. The summed E-state index contributed by atoms with van der Waals surface area (Å²) in [4.78, 5) is 8.92. The second-order valence-corrected chi connectivity index (χ2v) is 5.30. The van der Waals surface area contributed by atoms with Crippen molar-refractivity contribution in [3.8, 4) is 5.88 Å². The highest BCUT2D eigenvalue weighted by molar-refractivity contribution is 5.38. The molecule has 0 aliphatic carbocycles. The summed E-state index contributed by atoms with van der Waals surface area (Å²) < 4.78 is 11.1. The predicted octanol–water partition coefficient (Wildman–Crippen LogP) is 3.23. The van der Waals surface area contributed by atoms with Crippen molar-refractivity contribution >= 4 is 5.82 Å². The monoisotopic (exact) mass is 281 g/mol. The third kappa shape index (κ3) is 6.19. The number of hydrogen-bond donors (Lipinski definition) is 1. The van der Waals surface area contributed by atoms with E-state index >= 15 is 0 Å². The number of rotatable bonds is 9. The fourth-order valence-corrected chi connectivity index (χ4v) is 1.55. The Balaban J connectivity index is 2.65. The van der Waals surface area contributed by atoms with Crippen LogP contribution in [0.4, 0.5) is 5.82 Å². The van der Waals surface area contributed by atoms with Gasteiger partial charge in [0.2, 0.25) is 5.88 Å². The molecule has 0 bridgehead atoms. The first-order valence-corrected chi connectivity index (χ1v) is 7.40. The number of ether oxygens (including phenoxy) is 2. The maximum absolute atomic E-state index is 5.65. The van der Waals surface area contributed by atoms with Crippen molar-refractivity contribution < 1.29 is 9.47 Å². The lowest BCUT2D eigenvalue weighted by atomic mass is 10.2. The predicted molar refractivity (Wildman–Crippen MR) is 81.5 cm³/mol. The highest BCUT2D eigenvalue weighted by Gasteiger charge is 2.09. The van der Waals surface area contributed by atoms with Crippen LogP contribution in [0.3, 0.4) is 0 Å². The van der Waals surface area contributed by atoms with Crippen LogP contribution in [0.5, 0.6) is 5.88 Å². The molecule has 1 aromatic rings. The Morgan fingerprint density at radius 1 is 1.15 bits per heavy atom. The standard InChI is InChI=1S/C15H27N3O2/c1-6-7-16-13-10-14(18-15(17-13)11(2)3)20-9-8-19-12(4)5/h10-12H,6-9H2,1-5H3,(H,16,17,18). The van der Waals surface area contributed by atoms with Gasteiger partial charge in [-0.15, -0.1) is 0 Å². The lowest BCUT2D eigenvalue weighted by Gasteiger charge is -2.13. The van der Waals surface area contributed by atoms with Gasteiger partial charge in [-0.1, -0.05) is 20.8 Å². The van der Waals surface area contributed by atoms with Gasteiger partial charge in [0.25, 0.3) is 0 Å². The molecule has 1 aromatic heterocycles. The molecule has 5 heteroatoms. The quantitative estimate of drug-likeness (QED) is 0.704. The van der Waals surface area contributed by atoms with Gasteiger partial charge in [-0.2, -0.15) is 4.98 Å². The van der Waals surface area contributed by atoms with Gasteiger partial charge in [0.05, 0.1) is 12.7 Å². The van der Waals surface area contributed by atoms with Gasteiger partial charge in [-0.3, -0.25) is 0 Å². The number of hydrogen-bond acceptors (Lipinski definition) is 5. The van der Waals surface area contributed by atoms with Gasteiger partial charge in [0.15, 0.2) is 0 Å². The van der Waals surface area contributed by atoms with Crippen molar-refractivity contribution in [3.63, 3.8) is 0 Å². The Bertz CT molecular complexity index is 395. The maximum Gasteiger partial charge on any atom is 0.218 e. The van der Waals surface area contributed by atoms with Crippen LogP contribution in [0, 0.1) is 0 Å². The third-order valence-electron chi connectivity index (χ3n) is 2.58. The summed E-state index contributed by atoms with van der Waals surface area (Å²) >= 11 is 0. The topological polar surface area (TPSA) is 56.3 Å². The molecular weight excluding hydrogens is 254 g/mol. The van der Waals surface area contributed by atoms with E-state index in [0.29, 0.717) is 19.1 Å². The highest BCUT2D eigenvalue weighted by atomic mass is 16.5. The largest absolute Gasteiger partial charge is 0.475 e. The molecule has 0 aliphatic heterocycles.